The van der Waals surface area contributed by atoms with Gasteiger partial charge in [-0.3, -0.25) is 4.79 Å². The Labute approximate surface area is 200 Å². The van der Waals surface area contributed by atoms with E-state index in [2.05, 4.69) is 41.8 Å². The number of aryl methyl sites for hydroxylation is 1. The van der Waals surface area contributed by atoms with Gasteiger partial charge in [-0.15, -0.1) is 0 Å². The number of rotatable bonds is 8. The van der Waals surface area contributed by atoms with Gasteiger partial charge < -0.3 is 20.3 Å². The Morgan fingerprint density at radius 3 is 2.38 bits per heavy atom. The van der Waals surface area contributed by atoms with Crippen molar-refractivity contribution in [2.45, 2.75) is 12.8 Å². The summed E-state index contributed by atoms with van der Waals surface area (Å²) >= 11 is 0. The molecule has 0 saturated heterocycles. The van der Waals surface area contributed by atoms with Crippen LogP contribution in [0.1, 0.15) is 33.5 Å². The minimum Gasteiger partial charge on any atom is -0.465 e. The highest BCUT2D eigenvalue weighted by molar-refractivity contribution is 6.37. The Morgan fingerprint density at radius 2 is 1.71 bits per heavy atom. The standard InChI is InChI=1S/C28H29N3O3/c1-31(2)17-7-8-19-11-14-22(15-12-19)29-26(20-9-5-4-6-10-20)25-23-16-13-21(28(33)34-3)18-24(23)30-27(25)32/h4-6,9-16,18,29H,7-8,17H2,1-3H3,(H,30,32). The second-order valence-electron chi connectivity index (χ2n) is 8.55. The molecule has 0 unspecified atom stereocenters. The fourth-order valence-corrected chi connectivity index (χ4v) is 4.05. The highest BCUT2D eigenvalue weighted by Crippen LogP contribution is 2.38. The SMILES string of the molecule is COC(=O)c1ccc2c(c1)NC(=O)C2=C(Nc1ccc(CCCN(C)C)cc1)c1ccccc1. The summed E-state index contributed by atoms with van der Waals surface area (Å²) in [5.41, 5.74) is 6.04. The third kappa shape index (κ3) is 5.18. The van der Waals surface area contributed by atoms with Crippen molar-refractivity contribution in [3.05, 3.63) is 95.1 Å². The highest BCUT2D eigenvalue weighted by atomic mass is 16.5. The molecule has 0 fully saturated rings. The molecule has 1 aliphatic heterocycles. The van der Waals surface area contributed by atoms with Crippen molar-refractivity contribution in [2.24, 2.45) is 0 Å². The van der Waals surface area contributed by atoms with Crippen molar-refractivity contribution in [1.82, 2.24) is 4.90 Å². The molecule has 6 nitrogen and oxygen atoms in total. The maximum Gasteiger partial charge on any atom is 0.337 e. The quantitative estimate of drug-likeness (QED) is 0.373. The molecule has 4 rings (SSSR count). The van der Waals surface area contributed by atoms with E-state index in [9.17, 15) is 9.59 Å². The summed E-state index contributed by atoms with van der Waals surface area (Å²) in [4.78, 5) is 27.2. The van der Waals surface area contributed by atoms with Crippen LogP contribution >= 0.6 is 0 Å². The number of ether oxygens (including phenoxy) is 1. The van der Waals surface area contributed by atoms with Gasteiger partial charge in [-0.25, -0.2) is 4.79 Å². The fraction of sp³-hybridized carbons (Fsp3) is 0.214. The topological polar surface area (TPSA) is 70.7 Å². The number of nitrogens with zero attached hydrogens (tertiary/aromatic N) is 1. The number of esters is 1. The number of anilines is 2. The molecule has 0 aliphatic carbocycles. The molecule has 0 bridgehead atoms. The van der Waals surface area contributed by atoms with Gasteiger partial charge in [-0.2, -0.15) is 0 Å². The number of hydrogen-bond acceptors (Lipinski definition) is 5. The smallest absolute Gasteiger partial charge is 0.337 e. The largest absolute Gasteiger partial charge is 0.465 e. The van der Waals surface area contributed by atoms with Gasteiger partial charge in [0.2, 0.25) is 0 Å². The Bertz CT molecular complexity index is 1220. The van der Waals surface area contributed by atoms with Gasteiger partial charge in [0.1, 0.15) is 0 Å². The molecule has 3 aromatic rings. The Kier molecular flexibility index (Phi) is 7.09. The molecule has 3 aromatic carbocycles. The van der Waals surface area contributed by atoms with Crippen molar-refractivity contribution in [3.8, 4) is 0 Å². The third-order valence-corrected chi connectivity index (χ3v) is 5.79. The van der Waals surface area contributed by atoms with Crippen LogP contribution in [0, 0.1) is 0 Å². The lowest BCUT2D eigenvalue weighted by molar-refractivity contribution is -0.110. The number of carbonyl (C=O) groups is 2. The maximum atomic E-state index is 13.1. The lowest BCUT2D eigenvalue weighted by atomic mass is 9.99. The number of hydrogen-bond donors (Lipinski definition) is 2. The van der Waals surface area contributed by atoms with Gasteiger partial charge in [0.25, 0.3) is 5.91 Å². The van der Waals surface area contributed by atoms with Crippen LogP contribution in [0.15, 0.2) is 72.8 Å². The van der Waals surface area contributed by atoms with Gasteiger partial charge >= 0.3 is 5.97 Å². The molecule has 1 heterocycles. The van der Waals surface area contributed by atoms with Crippen LogP contribution in [0.2, 0.25) is 0 Å². The molecular weight excluding hydrogens is 426 g/mol. The maximum absolute atomic E-state index is 13.1. The first-order valence-electron chi connectivity index (χ1n) is 11.3. The van der Waals surface area contributed by atoms with E-state index in [1.807, 2.05) is 42.5 Å². The second-order valence-corrected chi connectivity index (χ2v) is 8.55. The summed E-state index contributed by atoms with van der Waals surface area (Å²) < 4.78 is 4.81. The minimum atomic E-state index is -0.443. The van der Waals surface area contributed by atoms with E-state index in [4.69, 9.17) is 4.74 Å². The Morgan fingerprint density at radius 1 is 0.971 bits per heavy atom. The Hall–Kier alpha value is -3.90. The highest BCUT2D eigenvalue weighted by Gasteiger charge is 2.29. The molecule has 0 radical (unpaired) electrons. The van der Waals surface area contributed by atoms with Crippen LogP contribution in [-0.4, -0.2) is 44.5 Å². The number of carbonyl (C=O) groups excluding carboxylic acids is 2. The van der Waals surface area contributed by atoms with E-state index in [1.165, 1.54) is 12.7 Å². The zero-order valence-electron chi connectivity index (χ0n) is 19.7. The first kappa shape index (κ1) is 23.3. The first-order valence-corrected chi connectivity index (χ1v) is 11.3. The molecular formula is C28H29N3O3. The van der Waals surface area contributed by atoms with Gasteiger partial charge in [0, 0.05) is 11.3 Å². The average molecular weight is 456 g/mol. The number of amides is 1. The third-order valence-electron chi connectivity index (χ3n) is 5.79. The molecule has 0 aromatic heterocycles. The Balaban J connectivity index is 1.68. The molecule has 174 valence electrons. The van der Waals surface area contributed by atoms with Gasteiger partial charge in [0.15, 0.2) is 0 Å². The van der Waals surface area contributed by atoms with E-state index in [0.717, 1.165) is 36.2 Å². The number of methoxy groups -OCH3 is 1. The number of benzene rings is 3. The summed E-state index contributed by atoms with van der Waals surface area (Å²) in [5, 5.41) is 6.37. The van der Waals surface area contributed by atoms with Crippen molar-refractivity contribution in [3.63, 3.8) is 0 Å². The van der Waals surface area contributed by atoms with E-state index >= 15 is 0 Å². The van der Waals surface area contributed by atoms with Gasteiger partial charge in [0.05, 0.1) is 29.6 Å². The van der Waals surface area contributed by atoms with Crippen LogP contribution in [0.3, 0.4) is 0 Å². The van der Waals surface area contributed by atoms with E-state index < -0.39 is 5.97 Å². The lowest BCUT2D eigenvalue weighted by Crippen LogP contribution is -2.13. The predicted octanol–water partition coefficient (Wildman–Crippen LogP) is 4.90. The van der Waals surface area contributed by atoms with Crippen molar-refractivity contribution in [1.29, 1.82) is 0 Å². The number of nitrogens with one attached hydrogen (secondary N) is 2. The van der Waals surface area contributed by atoms with E-state index in [-0.39, 0.29) is 5.91 Å². The molecule has 6 heteroatoms. The normalized spacial score (nSPS) is 13.9. The van der Waals surface area contributed by atoms with Crippen LogP contribution in [-0.2, 0) is 16.0 Å². The summed E-state index contributed by atoms with van der Waals surface area (Å²) in [6.07, 6.45) is 2.12. The average Bonchev–Trinajstić information content (AvgIpc) is 3.18. The molecule has 0 spiro atoms. The van der Waals surface area contributed by atoms with Crippen LogP contribution in [0.4, 0.5) is 11.4 Å². The van der Waals surface area contributed by atoms with Crippen molar-refractivity contribution >= 4 is 34.5 Å². The van der Waals surface area contributed by atoms with Gasteiger partial charge in [-0.05, 0) is 68.9 Å². The van der Waals surface area contributed by atoms with Gasteiger partial charge in [-0.1, -0.05) is 48.5 Å². The molecule has 1 amide bonds. The molecule has 34 heavy (non-hydrogen) atoms. The van der Waals surface area contributed by atoms with Crippen LogP contribution in [0.25, 0.3) is 11.3 Å². The molecule has 2 N–H and O–H groups in total. The molecule has 0 saturated carbocycles. The minimum absolute atomic E-state index is 0.219. The van der Waals surface area contributed by atoms with Crippen molar-refractivity contribution in [2.75, 3.05) is 38.4 Å². The molecule has 0 atom stereocenters. The van der Waals surface area contributed by atoms with E-state index in [1.54, 1.807) is 18.2 Å². The summed E-state index contributed by atoms with van der Waals surface area (Å²) in [5.74, 6) is -0.662. The first-order chi connectivity index (χ1) is 16.5. The summed E-state index contributed by atoms with van der Waals surface area (Å²) in [7, 11) is 5.50. The van der Waals surface area contributed by atoms with Crippen LogP contribution < -0.4 is 10.6 Å². The summed E-state index contributed by atoms with van der Waals surface area (Å²) in [6, 6.07) is 23.2. The zero-order chi connectivity index (χ0) is 24.1. The fourth-order valence-electron chi connectivity index (χ4n) is 4.05. The van der Waals surface area contributed by atoms with Crippen molar-refractivity contribution < 1.29 is 14.3 Å². The van der Waals surface area contributed by atoms with Crippen LogP contribution in [0.5, 0.6) is 0 Å². The summed E-state index contributed by atoms with van der Waals surface area (Å²) in [6.45, 7) is 1.05. The molecule has 1 aliphatic rings. The zero-order valence-corrected chi connectivity index (χ0v) is 19.7. The second kappa shape index (κ2) is 10.4. The lowest BCUT2D eigenvalue weighted by Gasteiger charge is -2.15. The van der Waals surface area contributed by atoms with E-state index in [0.29, 0.717) is 22.5 Å². The monoisotopic (exact) mass is 455 g/mol. The number of fused-ring (bicyclic) bond motifs is 1. The predicted molar refractivity (Wildman–Crippen MR) is 137 cm³/mol.